The summed E-state index contributed by atoms with van der Waals surface area (Å²) in [6.07, 6.45) is 2.77. The van der Waals surface area contributed by atoms with Crippen molar-refractivity contribution in [2.24, 2.45) is 16.2 Å². The van der Waals surface area contributed by atoms with Crippen molar-refractivity contribution in [2.45, 2.75) is 47.5 Å². The molecule has 0 unspecified atom stereocenters. The second kappa shape index (κ2) is 4.66. The van der Waals surface area contributed by atoms with Gasteiger partial charge in [-0.3, -0.25) is 0 Å². The van der Waals surface area contributed by atoms with Gasteiger partial charge in [0.25, 0.3) is 0 Å². The maximum atomic E-state index is 3.68. The van der Waals surface area contributed by atoms with Crippen LogP contribution in [0.4, 0.5) is 0 Å². The minimum absolute atomic E-state index is 0.350. The van der Waals surface area contributed by atoms with E-state index in [2.05, 4.69) is 52.3 Å². The molecule has 0 saturated heterocycles. The average molecular weight is 226 g/mol. The monoisotopic (exact) mass is 226 g/mol. The third-order valence-electron chi connectivity index (χ3n) is 4.61. The third kappa shape index (κ3) is 3.46. The maximum Gasteiger partial charge on any atom is 0.00202 e. The van der Waals surface area contributed by atoms with Crippen LogP contribution in [-0.4, -0.2) is 26.7 Å². The Labute approximate surface area is 102 Å². The Morgan fingerprint density at radius 2 is 1.56 bits per heavy atom. The van der Waals surface area contributed by atoms with Gasteiger partial charge in [0, 0.05) is 19.6 Å². The molecule has 16 heavy (non-hydrogen) atoms. The average Bonchev–Trinajstić information content (AvgIpc) is 2.83. The summed E-state index contributed by atoms with van der Waals surface area (Å²) in [7, 11) is 2.05. The van der Waals surface area contributed by atoms with Gasteiger partial charge >= 0.3 is 0 Å². The largest absolute Gasteiger partial charge is 0.319 e. The fourth-order valence-electron chi connectivity index (χ4n) is 1.87. The molecule has 0 heterocycles. The number of hydrogen-bond donors (Lipinski definition) is 2. The van der Waals surface area contributed by atoms with Crippen molar-refractivity contribution < 1.29 is 0 Å². The summed E-state index contributed by atoms with van der Waals surface area (Å²) in [6.45, 7) is 15.2. The second-order valence-electron chi connectivity index (χ2n) is 7.27. The van der Waals surface area contributed by atoms with E-state index < -0.39 is 0 Å². The van der Waals surface area contributed by atoms with Crippen molar-refractivity contribution in [1.82, 2.24) is 10.6 Å². The SMILES string of the molecule is CNCC1(CNCC(C)(C)C(C)(C)C)CC1. The number of hydrogen-bond acceptors (Lipinski definition) is 2. The Balaban J connectivity index is 2.30. The molecule has 0 aromatic heterocycles. The predicted octanol–water partition coefficient (Wildman–Crippen LogP) is 2.65. The van der Waals surface area contributed by atoms with E-state index in [-0.39, 0.29) is 0 Å². The molecule has 2 nitrogen and oxygen atoms in total. The highest BCUT2D eigenvalue weighted by atomic mass is 14.9. The molecule has 1 aliphatic rings. The first-order chi connectivity index (χ1) is 7.22. The van der Waals surface area contributed by atoms with Gasteiger partial charge in [0.1, 0.15) is 0 Å². The zero-order chi connectivity index (χ0) is 12.4. The molecule has 0 atom stereocenters. The summed E-state index contributed by atoms with van der Waals surface area (Å²) in [5.74, 6) is 0. The van der Waals surface area contributed by atoms with Gasteiger partial charge in [-0.1, -0.05) is 34.6 Å². The first-order valence-electron chi connectivity index (χ1n) is 6.58. The highest BCUT2D eigenvalue weighted by molar-refractivity contribution is 4.97. The Hall–Kier alpha value is -0.0800. The Bertz CT molecular complexity index is 221. The van der Waals surface area contributed by atoms with Crippen LogP contribution in [0.1, 0.15) is 47.5 Å². The van der Waals surface area contributed by atoms with Crippen LogP contribution in [0.2, 0.25) is 0 Å². The molecule has 2 N–H and O–H groups in total. The summed E-state index contributed by atoms with van der Waals surface area (Å²) in [4.78, 5) is 0. The standard InChI is InChI=1S/C14H30N2/c1-12(2,3)13(4,5)9-16-11-14(7-8-14)10-15-6/h15-16H,7-11H2,1-6H3. The zero-order valence-electron chi connectivity index (χ0n) is 12.0. The lowest BCUT2D eigenvalue weighted by Crippen LogP contribution is -2.42. The molecule has 1 rings (SSSR count). The smallest absolute Gasteiger partial charge is 0.00202 e. The van der Waals surface area contributed by atoms with E-state index >= 15 is 0 Å². The van der Waals surface area contributed by atoms with Crippen molar-refractivity contribution in [1.29, 1.82) is 0 Å². The van der Waals surface area contributed by atoms with Crippen molar-refractivity contribution in [3.05, 3.63) is 0 Å². The Kier molecular flexibility index (Phi) is 4.07. The molecular weight excluding hydrogens is 196 g/mol. The van der Waals surface area contributed by atoms with Crippen molar-refractivity contribution >= 4 is 0 Å². The summed E-state index contributed by atoms with van der Waals surface area (Å²) in [5, 5.41) is 6.99. The second-order valence-corrected chi connectivity index (χ2v) is 7.27. The van der Waals surface area contributed by atoms with E-state index in [1.807, 2.05) is 0 Å². The van der Waals surface area contributed by atoms with Crippen LogP contribution in [0.15, 0.2) is 0 Å². The molecule has 0 amide bonds. The van der Waals surface area contributed by atoms with Gasteiger partial charge < -0.3 is 10.6 Å². The highest BCUT2D eigenvalue weighted by Crippen LogP contribution is 2.44. The molecule has 1 saturated carbocycles. The van der Waals surface area contributed by atoms with E-state index in [1.165, 1.54) is 19.4 Å². The fourth-order valence-corrected chi connectivity index (χ4v) is 1.87. The lowest BCUT2D eigenvalue weighted by atomic mass is 9.69. The number of nitrogens with one attached hydrogen (secondary N) is 2. The first kappa shape index (κ1) is 14.0. The van der Waals surface area contributed by atoms with Crippen LogP contribution in [-0.2, 0) is 0 Å². The number of rotatable bonds is 6. The van der Waals surface area contributed by atoms with Crippen LogP contribution in [0.5, 0.6) is 0 Å². The minimum Gasteiger partial charge on any atom is -0.319 e. The normalized spacial score (nSPS) is 19.9. The van der Waals surface area contributed by atoms with Crippen molar-refractivity contribution in [3.8, 4) is 0 Å². The quantitative estimate of drug-likeness (QED) is 0.727. The zero-order valence-corrected chi connectivity index (χ0v) is 12.0. The van der Waals surface area contributed by atoms with Gasteiger partial charge in [-0.2, -0.15) is 0 Å². The minimum atomic E-state index is 0.350. The molecule has 0 radical (unpaired) electrons. The van der Waals surface area contributed by atoms with Gasteiger partial charge in [0.2, 0.25) is 0 Å². The van der Waals surface area contributed by atoms with Crippen LogP contribution >= 0.6 is 0 Å². The van der Waals surface area contributed by atoms with E-state index in [0.29, 0.717) is 16.2 Å². The third-order valence-corrected chi connectivity index (χ3v) is 4.61. The maximum absolute atomic E-state index is 3.68. The molecule has 0 aromatic carbocycles. The van der Waals surface area contributed by atoms with E-state index in [0.717, 1.165) is 13.1 Å². The van der Waals surface area contributed by atoms with Crippen LogP contribution < -0.4 is 10.6 Å². The summed E-state index contributed by atoms with van der Waals surface area (Å²) in [6, 6.07) is 0. The van der Waals surface area contributed by atoms with Crippen LogP contribution in [0.3, 0.4) is 0 Å². The van der Waals surface area contributed by atoms with Crippen LogP contribution in [0, 0.1) is 16.2 Å². The lowest BCUT2D eigenvalue weighted by molar-refractivity contribution is 0.127. The molecular formula is C14H30N2. The summed E-state index contributed by atoms with van der Waals surface area (Å²) >= 11 is 0. The molecule has 1 aliphatic carbocycles. The van der Waals surface area contributed by atoms with E-state index in [4.69, 9.17) is 0 Å². The molecule has 0 bridgehead atoms. The van der Waals surface area contributed by atoms with Gasteiger partial charge in [-0.05, 0) is 36.1 Å². The molecule has 1 fully saturated rings. The van der Waals surface area contributed by atoms with E-state index in [9.17, 15) is 0 Å². The van der Waals surface area contributed by atoms with Gasteiger partial charge in [-0.25, -0.2) is 0 Å². The Morgan fingerprint density at radius 3 is 1.94 bits per heavy atom. The molecule has 0 aromatic rings. The summed E-state index contributed by atoms with van der Waals surface area (Å²) < 4.78 is 0. The van der Waals surface area contributed by atoms with Gasteiger partial charge in [0.05, 0.1) is 0 Å². The Morgan fingerprint density at radius 1 is 1.00 bits per heavy atom. The van der Waals surface area contributed by atoms with Crippen molar-refractivity contribution in [3.63, 3.8) is 0 Å². The molecule has 0 spiro atoms. The molecule has 2 heteroatoms. The highest BCUT2D eigenvalue weighted by Gasteiger charge is 2.42. The predicted molar refractivity (Wildman–Crippen MR) is 71.7 cm³/mol. The van der Waals surface area contributed by atoms with Gasteiger partial charge in [0.15, 0.2) is 0 Å². The van der Waals surface area contributed by atoms with E-state index in [1.54, 1.807) is 0 Å². The van der Waals surface area contributed by atoms with Crippen molar-refractivity contribution in [2.75, 3.05) is 26.7 Å². The fraction of sp³-hybridized carbons (Fsp3) is 1.00. The van der Waals surface area contributed by atoms with Crippen LogP contribution in [0.25, 0.3) is 0 Å². The summed E-state index contributed by atoms with van der Waals surface area (Å²) in [5.41, 5.74) is 1.28. The molecule has 0 aliphatic heterocycles. The molecule has 96 valence electrons. The lowest BCUT2D eigenvalue weighted by Gasteiger charge is -2.39. The first-order valence-corrected chi connectivity index (χ1v) is 6.58. The van der Waals surface area contributed by atoms with Gasteiger partial charge in [-0.15, -0.1) is 0 Å². The topological polar surface area (TPSA) is 24.1 Å².